The maximum Gasteiger partial charge on any atom is 0.165 e. The zero-order valence-electron chi connectivity index (χ0n) is 8.64. The Morgan fingerprint density at radius 2 is 2.21 bits per heavy atom. The lowest BCUT2D eigenvalue weighted by Crippen LogP contribution is -2.33. The van der Waals surface area contributed by atoms with Crippen LogP contribution in [0.1, 0.15) is 26.8 Å². The molecule has 1 aromatic rings. The molecule has 5 nitrogen and oxygen atoms in total. The number of nitrogens with zero attached hydrogens (tertiary/aromatic N) is 3. The van der Waals surface area contributed by atoms with Crippen molar-refractivity contribution in [3.63, 3.8) is 0 Å². The molecule has 0 aromatic carbocycles. The predicted octanol–water partition coefficient (Wildman–Crippen LogP) is 0.427. The normalized spacial score (nSPS) is 14.0. The molecule has 1 unspecified atom stereocenters. The van der Waals surface area contributed by atoms with Crippen LogP contribution < -0.4 is 0 Å². The topological polar surface area (TPSA) is 68.0 Å². The zero-order chi connectivity index (χ0) is 10.8. The molecule has 0 saturated carbocycles. The van der Waals surface area contributed by atoms with Gasteiger partial charge in [-0.2, -0.15) is 5.10 Å². The number of aromatic nitrogens is 3. The number of hydrogen-bond acceptors (Lipinski definition) is 4. The molecule has 5 heteroatoms. The fraction of sp³-hybridized carbons (Fsp3) is 0.667. The molecular formula is C9H15N3O2. The van der Waals surface area contributed by atoms with Crippen LogP contribution in [0.25, 0.3) is 0 Å². The van der Waals surface area contributed by atoms with Crippen LogP contribution in [0.5, 0.6) is 0 Å². The Morgan fingerprint density at radius 3 is 2.57 bits per heavy atom. The highest BCUT2D eigenvalue weighted by molar-refractivity contribution is 5.87. The molecule has 0 radical (unpaired) electrons. The van der Waals surface area contributed by atoms with E-state index >= 15 is 0 Å². The van der Waals surface area contributed by atoms with E-state index in [1.54, 1.807) is 0 Å². The minimum absolute atomic E-state index is 0.0505. The Hall–Kier alpha value is -1.23. The van der Waals surface area contributed by atoms with Crippen LogP contribution in [0.3, 0.4) is 0 Å². The van der Waals surface area contributed by atoms with Crippen LogP contribution in [0.4, 0.5) is 0 Å². The van der Waals surface area contributed by atoms with Crippen molar-refractivity contribution in [2.75, 3.05) is 6.61 Å². The van der Waals surface area contributed by atoms with E-state index in [2.05, 4.69) is 10.1 Å². The van der Waals surface area contributed by atoms with Crippen molar-refractivity contribution >= 4 is 5.78 Å². The molecule has 78 valence electrons. The number of aliphatic hydroxyl groups is 1. The number of carbonyl (C=O) groups excluding carboxylic acids is 1. The molecule has 0 aliphatic carbocycles. The maximum absolute atomic E-state index is 11.8. The first-order valence-electron chi connectivity index (χ1n) is 4.46. The van der Waals surface area contributed by atoms with Crippen LogP contribution >= 0.6 is 0 Å². The summed E-state index contributed by atoms with van der Waals surface area (Å²) in [6.45, 7) is 5.19. The SMILES string of the molecule is CC(C)(C)C(=O)C(CO)n1cncn1. The predicted molar refractivity (Wildman–Crippen MR) is 50.6 cm³/mol. The molecule has 1 aromatic heterocycles. The largest absolute Gasteiger partial charge is 0.394 e. The van der Waals surface area contributed by atoms with Gasteiger partial charge in [0.05, 0.1) is 6.61 Å². The zero-order valence-corrected chi connectivity index (χ0v) is 8.64. The summed E-state index contributed by atoms with van der Waals surface area (Å²) in [6.07, 6.45) is 2.78. The number of aliphatic hydroxyl groups excluding tert-OH is 1. The van der Waals surface area contributed by atoms with Gasteiger partial charge in [-0.05, 0) is 0 Å². The van der Waals surface area contributed by atoms with Crippen LogP contribution in [0.2, 0.25) is 0 Å². The third-order valence-corrected chi connectivity index (χ3v) is 1.97. The molecule has 0 saturated heterocycles. The third-order valence-electron chi connectivity index (χ3n) is 1.97. The summed E-state index contributed by atoms with van der Waals surface area (Å²) in [5, 5.41) is 13.0. The molecule has 1 rings (SSSR count). The molecule has 0 bridgehead atoms. The number of hydrogen-bond donors (Lipinski definition) is 1. The van der Waals surface area contributed by atoms with Gasteiger partial charge in [-0.15, -0.1) is 0 Å². The molecule has 1 heterocycles. The van der Waals surface area contributed by atoms with Crippen molar-refractivity contribution < 1.29 is 9.90 Å². The van der Waals surface area contributed by atoms with Gasteiger partial charge < -0.3 is 5.11 Å². The standard InChI is InChI=1S/C9H15N3O2/c1-9(2,3)8(14)7(4-13)12-6-10-5-11-12/h5-7,13H,4H2,1-3H3. The first kappa shape index (κ1) is 10.8. The molecule has 0 spiro atoms. The van der Waals surface area contributed by atoms with Gasteiger partial charge in [0, 0.05) is 5.41 Å². The van der Waals surface area contributed by atoms with Crippen LogP contribution in [0, 0.1) is 5.41 Å². The van der Waals surface area contributed by atoms with Gasteiger partial charge in [0.25, 0.3) is 0 Å². The molecule has 1 N–H and O–H groups in total. The van der Waals surface area contributed by atoms with Gasteiger partial charge >= 0.3 is 0 Å². The van der Waals surface area contributed by atoms with E-state index in [9.17, 15) is 4.79 Å². The monoisotopic (exact) mass is 197 g/mol. The Kier molecular flexibility index (Phi) is 3.00. The molecule has 0 fully saturated rings. The van der Waals surface area contributed by atoms with E-state index in [1.807, 2.05) is 20.8 Å². The summed E-state index contributed by atoms with van der Waals surface area (Å²) in [4.78, 5) is 15.6. The van der Waals surface area contributed by atoms with E-state index in [-0.39, 0.29) is 12.4 Å². The van der Waals surface area contributed by atoms with Crippen LogP contribution in [-0.4, -0.2) is 32.3 Å². The fourth-order valence-corrected chi connectivity index (χ4v) is 1.16. The highest BCUT2D eigenvalue weighted by Crippen LogP contribution is 2.22. The van der Waals surface area contributed by atoms with Crippen molar-refractivity contribution in [2.45, 2.75) is 26.8 Å². The first-order valence-corrected chi connectivity index (χ1v) is 4.46. The number of rotatable bonds is 3. The fourth-order valence-electron chi connectivity index (χ4n) is 1.16. The number of carbonyl (C=O) groups is 1. The Morgan fingerprint density at radius 1 is 1.57 bits per heavy atom. The first-order chi connectivity index (χ1) is 6.46. The number of ketones is 1. The second-order valence-electron chi connectivity index (χ2n) is 4.19. The van der Waals surface area contributed by atoms with Gasteiger partial charge in [0.1, 0.15) is 18.7 Å². The van der Waals surface area contributed by atoms with Crippen molar-refractivity contribution in [3.8, 4) is 0 Å². The average Bonchev–Trinajstić information content (AvgIpc) is 2.57. The summed E-state index contributed by atoms with van der Waals surface area (Å²) in [5.41, 5.74) is -0.487. The summed E-state index contributed by atoms with van der Waals surface area (Å²) >= 11 is 0. The van der Waals surface area contributed by atoms with E-state index in [0.29, 0.717) is 0 Å². The van der Waals surface area contributed by atoms with Crippen molar-refractivity contribution in [1.29, 1.82) is 0 Å². The number of Topliss-reactive ketones (excluding diaryl/α,β-unsaturated/α-hetero) is 1. The van der Waals surface area contributed by atoms with Crippen LogP contribution in [-0.2, 0) is 4.79 Å². The van der Waals surface area contributed by atoms with E-state index < -0.39 is 11.5 Å². The molecule has 0 amide bonds. The lowest BCUT2D eigenvalue weighted by Gasteiger charge is -2.22. The second kappa shape index (κ2) is 3.88. The third kappa shape index (κ3) is 2.17. The highest BCUT2D eigenvalue weighted by atomic mass is 16.3. The summed E-state index contributed by atoms with van der Waals surface area (Å²) in [5.74, 6) is -0.0505. The van der Waals surface area contributed by atoms with E-state index in [4.69, 9.17) is 5.11 Å². The quantitative estimate of drug-likeness (QED) is 0.762. The summed E-state index contributed by atoms with van der Waals surface area (Å²) in [6, 6.07) is -0.627. The molecule has 0 aliphatic rings. The van der Waals surface area contributed by atoms with Gasteiger partial charge in [0.15, 0.2) is 5.78 Å². The second-order valence-corrected chi connectivity index (χ2v) is 4.19. The smallest absolute Gasteiger partial charge is 0.165 e. The summed E-state index contributed by atoms with van der Waals surface area (Å²) in [7, 11) is 0. The highest BCUT2D eigenvalue weighted by Gasteiger charge is 2.30. The lowest BCUT2D eigenvalue weighted by atomic mass is 9.87. The van der Waals surface area contributed by atoms with E-state index in [0.717, 1.165) is 0 Å². The van der Waals surface area contributed by atoms with Crippen molar-refractivity contribution in [2.24, 2.45) is 5.41 Å². The Labute approximate surface area is 82.8 Å². The Balaban J connectivity index is 2.89. The van der Waals surface area contributed by atoms with Gasteiger partial charge in [-0.3, -0.25) is 4.79 Å². The van der Waals surface area contributed by atoms with Crippen LogP contribution in [0.15, 0.2) is 12.7 Å². The minimum Gasteiger partial charge on any atom is -0.394 e. The summed E-state index contributed by atoms with van der Waals surface area (Å²) < 4.78 is 1.38. The minimum atomic E-state index is -0.627. The van der Waals surface area contributed by atoms with Gasteiger partial charge in [-0.1, -0.05) is 20.8 Å². The average molecular weight is 197 g/mol. The Bertz CT molecular complexity index is 300. The molecule has 14 heavy (non-hydrogen) atoms. The van der Waals surface area contributed by atoms with Gasteiger partial charge in [0.2, 0.25) is 0 Å². The lowest BCUT2D eigenvalue weighted by molar-refractivity contribution is -0.131. The van der Waals surface area contributed by atoms with E-state index in [1.165, 1.54) is 17.3 Å². The van der Waals surface area contributed by atoms with Gasteiger partial charge in [-0.25, -0.2) is 9.67 Å². The molecule has 0 aliphatic heterocycles. The maximum atomic E-state index is 11.8. The van der Waals surface area contributed by atoms with Crippen molar-refractivity contribution in [1.82, 2.24) is 14.8 Å². The molecular weight excluding hydrogens is 182 g/mol. The molecule has 1 atom stereocenters. The van der Waals surface area contributed by atoms with Crippen molar-refractivity contribution in [3.05, 3.63) is 12.7 Å².